The highest BCUT2D eigenvalue weighted by Crippen LogP contribution is 2.27. The number of hydrogen-bond acceptors (Lipinski definition) is 7. The molecular weight excluding hydrogens is 340 g/mol. The Bertz CT molecular complexity index is 793. The zero-order chi connectivity index (χ0) is 19.1. The third-order valence-electron chi connectivity index (χ3n) is 4.78. The van der Waals surface area contributed by atoms with Crippen LogP contribution in [-0.4, -0.2) is 41.1 Å². The van der Waals surface area contributed by atoms with E-state index in [4.69, 9.17) is 16.2 Å². The van der Waals surface area contributed by atoms with Gasteiger partial charge in [0.05, 0.1) is 12.3 Å². The van der Waals surface area contributed by atoms with E-state index in [1.807, 2.05) is 30.3 Å². The summed E-state index contributed by atoms with van der Waals surface area (Å²) in [6.07, 6.45) is 6.23. The molecular formula is C20H26N6O. The van der Waals surface area contributed by atoms with Crippen molar-refractivity contribution in [3.05, 3.63) is 29.8 Å². The number of nitrogens with zero attached hydrogens (tertiary/aromatic N) is 4. The largest absolute Gasteiger partial charge is 0.494 e. The molecule has 142 valence electrons. The molecule has 4 N–H and O–H groups in total. The Morgan fingerprint density at radius 2 is 1.78 bits per heavy atom. The van der Waals surface area contributed by atoms with Gasteiger partial charge in [0.1, 0.15) is 23.2 Å². The van der Waals surface area contributed by atoms with Crippen molar-refractivity contribution in [2.75, 3.05) is 37.7 Å². The number of aromatic nitrogens is 2. The molecule has 0 unspecified atom stereocenters. The van der Waals surface area contributed by atoms with Crippen LogP contribution < -0.4 is 16.2 Å². The van der Waals surface area contributed by atoms with E-state index < -0.39 is 0 Å². The molecule has 3 rings (SSSR count). The smallest absolute Gasteiger partial charge is 0.222 e. The van der Waals surface area contributed by atoms with Crippen LogP contribution in [0.3, 0.4) is 0 Å². The fourth-order valence-electron chi connectivity index (χ4n) is 3.33. The van der Waals surface area contributed by atoms with Gasteiger partial charge in [-0.25, -0.2) is 4.98 Å². The van der Waals surface area contributed by atoms with E-state index in [1.54, 1.807) is 0 Å². The maximum Gasteiger partial charge on any atom is 0.222 e. The summed E-state index contributed by atoms with van der Waals surface area (Å²) in [7, 11) is 0. The van der Waals surface area contributed by atoms with Crippen LogP contribution in [0, 0.1) is 11.3 Å². The first-order valence-corrected chi connectivity index (χ1v) is 9.46. The van der Waals surface area contributed by atoms with Crippen LogP contribution in [-0.2, 0) is 0 Å². The van der Waals surface area contributed by atoms with Gasteiger partial charge >= 0.3 is 0 Å². The van der Waals surface area contributed by atoms with Crippen molar-refractivity contribution in [3.63, 3.8) is 0 Å². The number of rotatable bonds is 7. The predicted molar refractivity (Wildman–Crippen MR) is 106 cm³/mol. The van der Waals surface area contributed by atoms with Gasteiger partial charge < -0.3 is 21.1 Å². The molecule has 7 nitrogen and oxygen atoms in total. The van der Waals surface area contributed by atoms with E-state index in [2.05, 4.69) is 14.9 Å². The van der Waals surface area contributed by atoms with Gasteiger partial charge in [0, 0.05) is 5.56 Å². The second kappa shape index (κ2) is 9.19. The molecule has 1 saturated heterocycles. The molecule has 0 radical (unpaired) electrons. The van der Waals surface area contributed by atoms with E-state index in [1.165, 1.54) is 32.4 Å². The summed E-state index contributed by atoms with van der Waals surface area (Å²) in [6, 6.07) is 9.48. The lowest BCUT2D eigenvalue weighted by atomic mass is 10.1. The van der Waals surface area contributed by atoms with Gasteiger partial charge in [-0.2, -0.15) is 10.2 Å². The third kappa shape index (κ3) is 5.08. The maximum absolute atomic E-state index is 9.29. The van der Waals surface area contributed by atoms with E-state index in [0.717, 1.165) is 30.7 Å². The molecule has 7 heteroatoms. The molecule has 1 aromatic heterocycles. The van der Waals surface area contributed by atoms with Crippen molar-refractivity contribution < 1.29 is 4.74 Å². The molecule has 0 spiro atoms. The molecule has 0 aliphatic carbocycles. The molecule has 1 aromatic carbocycles. The number of piperidine rings is 1. The number of benzene rings is 1. The zero-order valence-corrected chi connectivity index (χ0v) is 15.5. The first-order valence-electron chi connectivity index (χ1n) is 9.46. The highest BCUT2D eigenvalue weighted by atomic mass is 16.5. The molecule has 2 aromatic rings. The summed E-state index contributed by atoms with van der Waals surface area (Å²) < 4.78 is 5.82. The van der Waals surface area contributed by atoms with E-state index >= 15 is 0 Å². The number of nitrogens with two attached hydrogens (primary N) is 2. The molecule has 0 amide bonds. The fourth-order valence-corrected chi connectivity index (χ4v) is 3.33. The number of ether oxygens (including phenoxy) is 1. The summed E-state index contributed by atoms with van der Waals surface area (Å²) in [5.74, 6) is 0.940. The summed E-state index contributed by atoms with van der Waals surface area (Å²) in [5, 5.41) is 9.29. The lowest BCUT2D eigenvalue weighted by molar-refractivity contribution is 0.216. The van der Waals surface area contributed by atoms with Crippen LogP contribution in [0.15, 0.2) is 24.3 Å². The molecule has 1 aliphatic rings. The van der Waals surface area contributed by atoms with Crippen molar-refractivity contribution in [2.45, 2.75) is 32.1 Å². The first-order chi connectivity index (χ1) is 13.2. The molecule has 0 bridgehead atoms. The topological polar surface area (TPSA) is 114 Å². The van der Waals surface area contributed by atoms with Gasteiger partial charge in [-0.3, -0.25) is 0 Å². The number of nitriles is 1. The molecule has 0 saturated carbocycles. The van der Waals surface area contributed by atoms with Crippen LogP contribution in [0.1, 0.15) is 37.7 Å². The number of unbranched alkanes of at least 4 members (excludes halogenated alkanes) is 1. The van der Waals surface area contributed by atoms with Gasteiger partial charge in [0.15, 0.2) is 0 Å². The standard InChI is InChI=1S/C20H26N6O/c21-14-17-18(24-20(23)25-19(17)22)15-6-8-16(9-7-15)27-13-5-4-12-26-10-2-1-3-11-26/h6-9H,1-5,10-13H2,(H4,22,23,24,25). The van der Waals surface area contributed by atoms with Gasteiger partial charge in [-0.1, -0.05) is 6.42 Å². The van der Waals surface area contributed by atoms with Crippen molar-refractivity contribution in [2.24, 2.45) is 0 Å². The third-order valence-corrected chi connectivity index (χ3v) is 4.78. The first kappa shape index (κ1) is 18.9. The summed E-state index contributed by atoms with van der Waals surface area (Å²) >= 11 is 0. The van der Waals surface area contributed by atoms with E-state index in [9.17, 15) is 5.26 Å². The van der Waals surface area contributed by atoms with Crippen molar-refractivity contribution in [1.29, 1.82) is 5.26 Å². The maximum atomic E-state index is 9.29. The van der Waals surface area contributed by atoms with Crippen LogP contribution in [0.2, 0.25) is 0 Å². The second-order valence-electron chi connectivity index (χ2n) is 6.78. The van der Waals surface area contributed by atoms with Gasteiger partial charge in [-0.15, -0.1) is 0 Å². The summed E-state index contributed by atoms with van der Waals surface area (Å²) in [4.78, 5) is 10.5. The molecule has 2 heterocycles. The average Bonchev–Trinajstić information content (AvgIpc) is 2.68. The Morgan fingerprint density at radius 1 is 1.04 bits per heavy atom. The van der Waals surface area contributed by atoms with Crippen molar-refractivity contribution in [3.8, 4) is 23.1 Å². The lowest BCUT2D eigenvalue weighted by Gasteiger charge is -2.26. The predicted octanol–water partition coefficient (Wildman–Crippen LogP) is 2.82. The zero-order valence-electron chi connectivity index (χ0n) is 15.5. The Hall–Kier alpha value is -2.85. The monoisotopic (exact) mass is 366 g/mol. The number of nitrogen functional groups attached to an aromatic ring is 2. The van der Waals surface area contributed by atoms with Gasteiger partial charge in [-0.05, 0) is 69.6 Å². The second-order valence-corrected chi connectivity index (χ2v) is 6.78. The van der Waals surface area contributed by atoms with Crippen LogP contribution >= 0.6 is 0 Å². The molecule has 1 aliphatic heterocycles. The Balaban J connectivity index is 1.51. The highest BCUT2D eigenvalue weighted by Gasteiger charge is 2.13. The summed E-state index contributed by atoms with van der Waals surface area (Å²) in [6.45, 7) is 4.34. The number of anilines is 2. The van der Waals surface area contributed by atoms with Crippen LogP contribution in [0.5, 0.6) is 5.75 Å². The molecule has 27 heavy (non-hydrogen) atoms. The van der Waals surface area contributed by atoms with Gasteiger partial charge in [0.25, 0.3) is 0 Å². The molecule has 0 atom stereocenters. The van der Waals surface area contributed by atoms with Crippen LogP contribution in [0.25, 0.3) is 11.3 Å². The van der Waals surface area contributed by atoms with E-state index in [0.29, 0.717) is 12.3 Å². The highest BCUT2D eigenvalue weighted by molar-refractivity contribution is 5.73. The lowest BCUT2D eigenvalue weighted by Crippen LogP contribution is -2.30. The van der Waals surface area contributed by atoms with Crippen LogP contribution in [0.4, 0.5) is 11.8 Å². The normalized spacial score (nSPS) is 14.6. The van der Waals surface area contributed by atoms with E-state index in [-0.39, 0.29) is 17.3 Å². The Morgan fingerprint density at radius 3 is 2.48 bits per heavy atom. The quantitative estimate of drug-likeness (QED) is 0.724. The number of likely N-dealkylation sites (tertiary alicyclic amines) is 1. The minimum Gasteiger partial charge on any atom is -0.494 e. The molecule has 1 fully saturated rings. The summed E-state index contributed by atoms with van der Waals surface area (Å²) in [5.41, 5.74) is 12.9. The van der Waals surface area contributed by atoms with Crippen molar-refractivity contribution in [1.82, 2.24) is 14.9 Å². The minimum absolute atomic E-state index is 0.0514. The fraction of sp³-hybridized carbons (Fsp3) is 0.450. The SMILES string of the molecule is N#Cc1c(N)nc(N)nc1-c1ccc(OCCCCN2CCCCC2)cc1. The Kier molecular flexibility index (Phi) is 6.44. The Labute approximate surface area is 160 Å². The van der Waals surface area contributed by atoms with Crippen molar-refractivity contribution >= 4 is 11.8 Å². The van der Waals surface area contributed by atoms with Gasteiger partial charge in [0.2, 0.25) is 5.95 Å². The average molecular weight is 366 g/mol. The minimum atomic E-state index is 0.0514. The number of hydrogen-bond donors (Lipinski definition) is 2.